The lowest BCUT2D eigenvalue weighted by Gasteiger charge is -2.20. The van der Waals surface area contributed by atoms with Gasteiger partial charge in [-0.2, -0.15) is 0 Å². The molecule has 7 nitrogen and oxygen atoms in total. The molecule has 4 aromatic carbocycles. The molecule has 1 heterocycles. The standard InChI is InChI=1S/C30H25ClN2O5S2/c1-19-15-24(11-13-26(19)37-3)40(35,36)33(2)22-10-14-28-20(16-22)17-29(39-28)30(34)32-25-18-21(31)9-12-27(25)38-23-7-5-4-6-8-23/h4-18H,1-3H3,(H,32,34). The summed E-state index contributed by atoms with van der Waals surface area (Å²) in [4.78, 5) is 13.8. The highest BCUT2D eigenvalue weighted by molar-refractivity contribution is 7.92. The van der Waals surface area contributed by atoms with Gasteiger partial charge in [-0.15, -0.1) is 11.3 Å². The van der Waals surface area contributed by atoms with Crippen molar-refractivity contribution in [1.82, 2.24) is 0 Å². The number of aryl methyl sites for hydroxylation is 1. The number of carbonyl (C=O) groups is 1. The summed E-state index contributed by atoms with van der Waals surface area (Å²) in [5.41, 5.74) is 1.62. The Labute approximate surface area is 241 Å². The first-order valence-electron chi connectivity index (χ1n) is 12.2. The second-order valence-electron chi connectivity index (χ2n) is 8.95. The fraction of sp³-hybridized carbons (Fsp3) is 0.100. The molecule has 1 aromatic heterocycles. The van der Waals surface area contributed by atoms with Gasteiger partial charge in [-0.05, 0) is 90.7 Å². The van der Waals surface area contributed by atoms with Crippen LogP contribution in [0.15, 0.2) is 95.9 Å². The number of sulfonamides is 1. The van der Waals surface area contributed by atoms with Crippen LogP contribution in [0.1, 0.15) is 15.2 Å². The number of nitrogens with zero attached hydrogens (tertiary/aromatic N) is 1. The van der Waals surface area contributed by atoms with E-state index >= 15 is 0 Å². The lowest BCUT2D eigenvalue weighted by Crippen LogP contribution is -2.26. The van der Waals surface area contributed by atoms with Crippen molar-refractivity contribution in [2.75, 3.05) is 23.8 Å². The highest BCUT2D eigenvalue weighted by Gasteiger charge is 2.23. The number of benzene rings is 4. The monoisotopic (exact) mass is 592 g/mol. The van der Waals surface area contributed by atoms with E-state index < -0.39 is 10.0 Å². The minimum atomic E-state index is -3.82. The number of rotatable bonds is 8. The van der Waals surface area contributed by atoms with Crippen LogP contribution in [0.2, 0.25) is 5.02 Å². The van der Waals surface area contributed by atoms with Gasteiger partial charge >= 0.3 is 0 Å². The van der Waals surface area contributed by atoms with E-state index in [0.717, 1.165) is 15.6 Å². The number of thiophene rings is 1. The maximum atomic E-state index is 13.3. The highest BCUT2D eigenvalue weighted by atomic mass is 35.5. The van der Waals surface area contributed by atoms with Crippen molar-refractivity contribution < 1.29 is 22.7 Å². The lowest BCUT2D eigenvalue weighted by atomic mass is 10.2. The van der Waals surface area contributed by atoms with E-state index in [-0.39, 0.29) is 10.8 Å². The van der Waals surface area contributed by atoms with Gasteiger partial charge in [-0.3, -0.25) is 9.10 Å². The third-order valence-corrected chi connectivity index (χ3v) is 9.40. The zero-order chi connectivity index (χ0) is 28.4. The van der Waals surface area contributed by atoms with Gasteiger partial charge in [0, 0.05) is 16.8 Å². The van der Waals surface area contributed by atoms with E-state index in [9.17, 15) is 13.2 Å². The van der Waals surface area contributed by atoms with Crippen LogP contribution in [0.5, 0.6) is 17.2 Å². The van der Waals surface area contributed by atoms with E-state index in [1.54, 1.807) is 68.6 Å². The summed E-state index contributed by atoms with van der Waals surface area (Å²) in [5.74, 6) is 1.35. The molecule has 0 unspecified atom stereocenters. The van der Waals surface area contributed by atoms with Crippen LogP contribution in [-0.4, -0.2) is 28.5 Å². The normalized spacial score (nSPS) is 11.3. The van der Waals surface area contributed by atoms with Crippen molar-refractivity contribution >= 4 is 60.3 Å². The topological polar surface area (TPSA) is 84.9 Å². The molecule has 0 fully saturated rings. The summed E-state index contributed by atoms with van der Waals surface area (Å²) in [5, 5.41) is 4.09. The second-order valence-corrected chi connectivity index (χ2v) is 12.4. The lowest BCUT2D eigenvalue weighted by molar-refractivity contribution is 0.103. The Bertz CT molecular complexity index is 1820. The van der Waals surface area contributed by atoms with Crippen LogP contribution < -0.4 is 19.1 Å². The second kappa shape index (κ2) is 11.2. The number of fused-ring (bicyclic) bond motifs is 1. The number of methoxy groups -OCH3 is 1. The van der Waals surface area contributed by atoms with E-state index in [4.69, 9.17) is 21.1 Å². The molecule has 0 aliphatic heterocycles. The summed E-state index contributed by atoms with van der Waals surface area (Å²) < 4.78 is 39.9. The molecule has 0 radical (unpaired) electrons. The Balaban J connectivity index is 1.39. The zero-order valence-electron chi connectivity index (χ0n) is 21.8. The molecule has 204 valence electrons. The number of hydrogen-bond donors (Lipinski definition) is 1. The molecule has 40 heavy (non-hydrogen) atoms. The minimum absolute atomic E-state index is 0.161. The number of hydrogen-bond acceptors (Lipinski definition) is 6. The third-order valence-electron chi connectivity index (χ3n) is 6.27. The van der Waals surface area contributed by atoms with Gasteiger partial charge in [0.2, 0.25) is 0 Å². The summed E-state index contributed by atoms with van der Waals surface area (Å²) in [6.07, 6.45) is 0. The summed E-state index contributed by atoms with van der Waals surface area (Å²) in [6.45, 7) is 1.79. The number of para-hydroxylation sites is 1. The van der Waals surface area contributed by atoms with Crippen molar-refractivity contribution in [2.24, 2.45) is 0 Å². The first-order chi connectivity index (χ1) is 19.2. The van der Waals surface area contributed by atoms with Gasteiger partial charge in [-0.1, -0.05) is 29.8 Å². The number of carbonyl (C=O) groups excluding carboxylic acids is 1. The molecule has 0 bridgehead atoms. The molecule has 1 amide bonds. The number of halogens is 1. The first-order valence-corrected chi connectivity index (χ1v) is 14.8. The Morgan fingerprint density at radius 3 is 2.40 bits per heavy atom. The number of nitrogens with one attached hydrogen (secondary N) is 1. The van der Waals surface area contributed by atoms with Crippen LogP contribution in [0.25, 0.3) is 10.1 Å². The van der Waals surface area contributed by atoms with E-state index in [0.29, 0.717) is 38.5 Å². The zero-order valence-corrected chi connectivity index (χ0v) is 24.2. The largest absolute Gasteiger partial charge is 0.496 e. The van der Waals surface area contributed by atoms with E-state index in [1.165, 1.54) is 28.8 Å². The van der Waals surface area contributed by atoms with Crippen molar-refractivity contribution in [1.29, 1.82) is 0 Å². The number of anilines is 2. The molecule has 0 atom stereocenters. The smallest absolute Gasteiger partial charge is 0.265 e. The van der Waals surface area contributed by atoms with Gasteiger partial charge in [0.05, 0.1) is 28.3 Å². The molecule has 1 N–H and O–H groups in total. The van der Waals surface area contributed by atoms with Gasteiger partial charge in [0.15, 0.2) is 5.75 Å². The van der Waals surface area contributed by atoms with Gasteiger partial charge < -0.3 is 14.8 Å². The fourth-order valence-corrected chi connectivity index (χ4v) is 6.52. The van der Waals surface area contributed by atoms with Crippen molar-refractivity contribution in [2.45, 2.75) is 11.8 Å². The molecule has 5 aromatic rings. The number of amides is 1. The maximum absolute atomic E-state index is 13.3. The molecule has 0 aliphatic carbocycles. The van der Waals surface area contributed by atoms with Crippen LogP contribution in [0.4, 0.5) is 11.4 Å². The van der Waals surface area contributed by atoms with Gasteiger partial charge in [0.1, 0.15) is 11.5 Å². The predicted molar refractivity (Wildman–Crippen MR) is 161 cm³/mol. The Hall–Kier alpha value is -4.05. The van der Waals surface area contributed by atoms with Crippen LogP contribution >= 0.6 is 22.9 Å². The summed E-state index contributed by atoms with van der Waals surface area (Å²) in [7, 11) is -0.773. The summed E-state index contributed by atoms with van der Waals surface area (Å²) in [6, 6.07) is 26.0. The Kier molecular flexibility index (Phi) is 7.71. The Morgan fingerprint density at radius 1 is 0.925 bits per heavy atom. The maximum Gasteiger partial charge on any atom is 0.265 e. The molecular weight excluding hydrogens is 568 g/mol. The van der Waals surface area contributed by atoms with Crippen molar-refractivity contribution in [3.8, 4) is 17.2 Å². The van der Waals surface area contributed by atoms with E-state index in [2.05, 4.69) is 5.32 Å². The molecule has 0 saturated carbocycles. The molecule has 0 aliphatic rings. The molecular formula is C30H25ClN2O5S2. The van der Waals surface area contributed by atoms with Gasteiger partial charge in [0.25, 0.3) is 15.9 Å². The minimum Gasteiger partial charge on any atom is -0.496 e. The highest BCUT2D eigenvalue weighted by Crippen LogP contribution is 2.35. The van der Waals surface area contributed by atoms with Crippen molar-refractivity contribution in [3.63, 3.8) is 0 Å². The van der Waals surface area contributed by atoms with E-state index in [1.807, 2.05) is 30.3 Å². The molecule has 5 rings (SSSR count). The SMILES string of the molecule is COc1ccc(S(=O)(=O)N(C)c2ccc3sc(C(=O)Nc4cc(Cl)ccc4Oc4ccccc4)cc3c2)cc1C. The van der Waals surface area contributed by atoms with Gasteiger partial charge in [-0.25, -0.2) is 8.42 Å². The van der Waals surface area contributed by atoms with Crippen LogP contribution in [0.3, 0.4) is 0 Å². The Morgan fingerprint density at radius 2 is 1.68 bits per heavy atom. The average molecular weight is 593 g/mol. The quantitative estimate of drug-likeness (QED) is 0.199. The molecule has 0 spiro atoms. The number of ether oxygens (including phenoxy) is 2. The third kappa shape index (κ3) is 5.62. The first kappa shape index (κ1) is 27.5. The summed E-state index contributed by atoms with van der Waals surface area (Å²) >= 11 is 7.50. The molecule has 0 saturated heterocycles. The molecule has 10 heteroatoms. The van der Waals surface area contributed by atoms with Crippen LogP contribution in [-0.2, 0) is 10.0 Å². The van der Waals surface area contributed by atoms with Crippen molar-refractivity contribution in [3.05, 3.63) is 106 Å². The fourth-order valence-electron chi connectivity index (χ4n) is 4.14. The predicted octanol–water partition coefficient (Wildman–Crippen LogP) is 7.74. The average Bonchev–Trinajstić information content (AvgIpc) is 3.38. The van der Waals surface area contributed by atoms with Crippen LogP contribution in [0, 0.1) is 6.92 Å².